The van der Waals surface area contributed by atoms with Gasteiger partial charge in [-0.1, -0.05) is 6.07 Å². The summed E-state index contributed by atoms with van der Waals surface area (Å²) in [6, 6.07) is 5.60. The van der Waals surface area contributed by atoms with Crippen molar-refractivity contribution in [2.75, 3.05) is 0 Å². The number of aromatic nitrogens is 1. The van der Waals surface area contributed by atoms with Gasteiger partial charge in [-0.3, -0.25) is 15.8 Å². The molecule has 1 aromatic rings. The van der Waals surface area contributed by atoms with Gasteiger partial charge in [-0.05, 0) is 12.1 Å². The fourth-order valence-corrected chi connectivity index (χ4v) is 0.859. The summed E-state index contributed by atoms with van der Waals surface area (Å²) in [7, 11) is 0. The smallest absolute Gasteiger partial charge is 0.193 e. The molecule has 2 rings (SSSR count). The first-order valence-corrected chi connectivity index (χ1v) is 3.49. The maximum Gasteiger partial charge on any atom is 0.193 e. The lowest BCUT2D eigenvalue weighted by atomic mass is 10.3. The summed E-state index contributed by atoms with van der Waals surface area (Å²) in [6.07, 6.45) is 3.17. The number of nitrogens with zero attached hydrogens (tertiary/aromatic N) is 3. The van der Waals surface area contributed by atoms with Crippen molar-refractivity contribution in [3.05, 3.63) is 30.1 Å². The van der Waals surface area contributed by atoms with Gasteiger partial charge in [-0.15, -0.1) is 10.2 Å². The second kappa shape index (κ2) is 3.00. The Bertz CT molecular complexity index is 316. The molecule has 2 heterocycles. The van der Waals surface area contributed by atoms with E-state index < -0.39 is 0 Å². The van der Waals surface area contributed by atoms with E-state index in [-0.39, 0.29) is 0 Å². The van der Waals surface area contributed by atoms with Crippen LogP contribution in [0.2, 0.25) is 0 Å². The minimum atomic E-state index is 0.623. The minimum Gasteiger partial charge on any atom is -0.287 e. The number of nitrogens with one attached hydrogen (secondary N) is 2. The van der Waals surface area contributed by atoms with Gasteiger partial charge in [0.2, 0.25) is 0 Å². The first kappa shape index (κ1) is 6.78. The molecule has 0 spiro atoms. The quantitative estimate of drug-likeness (QED) is 0.603. The molecule has 1 aromatic heterocycles. The summed E-state index contributed by atoms with van der Waals surface area (Å²) >= 11 is 0. The first-order chi connectivity index (χ1) is 5.97. The predicted molar refractivity (Wildman–Crippen MR) is 45.5 cm³/mol. The Hall–Kier alpha value is -1.91. The molecular formula is C7H7N5. The highest BCUT2D eigenvalue weighted by Crippen LogP contribution is 1.95. The van der Waals surface area contributed by atoms with E-state index in [0.29, 0.717) is 5.84 Å². The Kier molecular flexibility index (Phi) is 1.69. The molecule has 2 N–H and O–H groups in total. The molecule has 0 amide bonds. The van der Waals surface area contributed by atoms with Crippen molar-refractivity contribution in [2.45, 2.75) is 0 Å². The predicted octanol–water partition coefficient (Wildman–Crippen LogP) is -0.121. The fourth-order valence-electron chi connectivity index (χ4n) is 0.859. The van der Waals surface area contributed by atoms with E-state index in [2.05, 4.69) is 26.0 Å². The van der Waals surface area contributed by atoms with Crippen molar-refractivity contribution in [3.8, 4) is 0 Å². The van der Waals surface area contributed by atoms with Crippen LogP contribution in [-0.4, -0.2) is 17.2 Å². The molecule has 5 nitrogen and oxygen atoms in total. The van der Waals surface area contributed by atoms with Gasteiger partial charge >= 0.3 is 0 Å². The van der Waals surface area contributed by atoms with E-state index in [4.69, 9.17) is 0 Å². The van der Waals surface area contributed by atoms with Crippen molar-refractivity contribution in [1.29, 1.82) is 0 Å². The lowest BCUT2D eigenvalue weighted by Gasteiger charge is -2.09. The molecule has 1 aliphatic heterocycles. The Balaban J connectivity index is 2.31. The monoisotopic (exact) mass is 161 g/mol. The van der Waals surface area contributed by atoms with Crippen LogP contribution in [0.15, 0.2) is 34.6 Å². The van der Waals surface area contributed by atoms with Gasteiger partial charge in [0.15, 0.2) is 5.84 Å². The molecule has 12 heavy (non-hydrogen) atoms. The Morgan fingerprint density at radius 3 is 2.92 bits per heavy atom. The Morgan fingerprint density at radius 1 is 1.25 bits per heavy atom. The van der Waals surface area contributed by atoms with E-state index in [1.54, 1.807) is 6.20 Å². The lowest BCUT2D eigenvalue weighted by molar-refractivity contribution is 0.840. The van der Waals surface area contributed by atoms with Crippen LogP contribution in [0.5, 0.6) is 0 Å². The standard InChI is InChI=1S/C7H7N5/c1-2-4-8-6(3-1)7-11-9-5-10-12-7/h1-5H,(H,9,10)(H,11,12). The second-order valence-electron chi connectivity index (χ2n) is 2.18. The van der Waals surface area contributed by atoms with Crippen molar-refractivity contribution < 1.29 is 0 Å². The van der Waals surface area contributed by atoms with Crippen LogP contribution in [0.25, 0.3) is 0 Å². The molecule has 60 valence electrons. The van der Waals surface area contributed by atoms with Crippen LogP contribution in [0, 0.1) is 0 Å². The highest BCUT2D eigenvalue weighted by Gasteiger charge is 2.04. The van der Waals surface area contributed by atoms with E-state index in [1.165, 1.54) is 6.34 Å². The first-order valence-electron chi connectivity index (χ1n) is 3.49. The van der Waals surface area contributed by atoms with Crippen LogP contribution in [-0.2, 0) is 0 Å². The maximum atomic E-state index is 4.10. The zero-order chi connectivity index (χ0) is 8.23. The molecule has 0 aromatic carbocycles. The number of rotatable bonds is 1. The number of pyridine rings is 1. The van der Waals surface area contributed by atoms with E-state index >= 15 is 0 Å². The van der Waals surface area contributed by atoms with Gasteiger partial charge in [0.05, 0.1) is 0 Å². The van der Waals surface area contributed by atoms with Gasteiger partial charge in [0.1, 0.15) is 12.0 Å². The third kappa shape index (κ3) is 1.24. The van der Waals surface area contributed by atoms with E-state index in [0.717, 1.165) is 5.69 Å². The summed E-state index contributed by atoms with van der Waals surface area (Å²) in [4.78, 5) is 4.10. The zero-order valence-corrected chi connectivity index (χ0v) is 6.23. The van der Waals surface area contributed by atoms with Gasteiger partial charge < -0.3 is 0 Å². The van der Waals surface area contributed by atoms with Crippen LogP contribution in [0.3, 0.4) is 0 Å². The Labute approximate surface area is 69.2 Å². The van der Waals surface area contributed by atoms with Crippen molar-refractivity contribution in [2.24, 2.45) is 10.2 Å². The Morgan fingerprint density at radius 2 is 2.25 bits per heavy atom. The SMILES string of the molecule is C1=NN=C(c2ccccn2)NN1. The maximum absolute atomic E-state index is 4.10. The molecule has 0 saturated heterocycles. The molecule has 0 fully saturated rings. The summed E-state index contributed by atoms with van der Waals surface area (Å²) < 4.78 is 0. The van der Waals surface area contributed by atoms with Crippen LogP contribution >= 0.6 is 0 Å². The molecular weight excluding hydrogens is 154 g/mol. The van der Waals surface area contributed by atoms with Gasteiger partial charge in [-0.2, -0.15) is 0 Å². The van der Waals surface area contributed by atoms with Crippen LogP contribution in [0.1, 0.15) is 5.69 Å². The molecule has 0 radical (unpaired) electrons. The highest BCUT2D eigenvalue weighted by molar-refractivity contribution is 5.98. The average molecular weight is 161 g/mol. The third-order valence-corrected chi connectivity index (χ3v) is 1.38. The number of hydrazine groups is 1. The largest absolute Gasteiger partial charge is 0.287 e. The second-order valence-corrected chi connectivity index (χ2v) is 2.18. The molecule has 0 bridgehead atoms. The van der Waals surface area contributed by atoms with Crippen molar-refractivity contribution in [3.63, 3.8) is 0 Å². The highest BCUT2D eigenvalue weighted by atomic mass is 15.5. The third-order valence-electron chi connectivity index (χ3n) is 1.38. The van der Waals surface area contributed by atoms with Gasteiger partial charge in [0.25, 0.3) is 0 Å². The minimum absolute atomic E-state index is 0.623. The van der Waals surface area contributed by atoms with E-state index in [9.17, 15) is 0 Å². The van der Waals surface area contributed by atoms with Gasteiger partial charge in [-0.25, -0.2) is 0 Å². The average Bonchev–Trinajstić information content (AvgIpc) is 2.21. The fraction of sp³-hybridized carbons (Fsp3) is 0. The van der Waals surface area contributed by atoms with Crippen molar-refractivity contribution in [1.82, 2.24) is 15.8 Å². The summed E-state index contributed by atoms with van der Waals surface area (Å²) in [5.74, 6) is 0.623. The topological polar surface area (TPSA) is 61.7 Å². The summed E-state index contributed by atoms with van der Waals surface area (Å²) in [6.45, 7) is 0. The van der Waals surface area contributed by atoms with Gasteiger partial charge in [0, 0.05) is 6.20 Å². The van der Waals surface area contributed by atoms with Crippen LogP contribution in [0.4, 0.5) is 0 Å². The van der Waals surface area contributed by atoms with Crippen molar-refractivity contribution >= 4 is 12.2 Å². The summed E-state index contributed by atoms with van der Waals surface area (Å²) in [5.41, 5.74) is 6.31. The summed E-state index contributed by atoms with van der Waals surface area (Å²) in [5, 5.41) is 7.53. The molecule has 0 unspecified atom stereocenters. The number of hydrogen-bond acceptors (Lipinski definition) is 5. The van der Waals surface area contributed by atoms with Crippen LogP contribution < -0.4 is 10.9 Å². The lowest BCUT2D eigenvalue weighted by Crippen LogP contribution is -2.39. The molecule has 0 aliphatic carbocycles. The molecule has 1 aliphatic rings. The zero-order valence-electron chi connectivity index (χ0n) is 6.23. The molecule has 0 saturated carbocycles. The number of amidine groups is 1. The number of hydrogen-bond donors (Lipinski definition) is 2. The molecule has 0 atom stereocenters. The normalized spacial score (nSPS) is 14.5. The molecule has 5 heteroatoms. The van der Waals surface area contributed by atoms with E-state index in [1.807, 2.05) is 18.2 Å².